The van der Waals surface area contributed by atoms with Crippen LogP contribution in [0.1, 0.15) is 36.8 Å². The Labute approximate surface area is 197 Å². The predicted molar refractivity (Wildman–Crippen MR) is 134 cm³/mol. The van der Waals surface area contributed by atoms with E-state index in [9.17, 15) is 8.42 Å². The van der Waals surface area contributed by atoms with Crippen molar-refractivity contribution in [3.05, 3.63) is 65.7 Å². The molecule has 0 aliphatic carbocycles. The van der Waals surface area contributed by atoms with Crippen LogP contribution in [0.25, 0.3) is 0 Å². The lowest BCUT2D eigenvalue weighted by molar-refractivity contribution is 0.215. The molecular formula is C23H32IN3O2S. The highest BCUT2D eigenvalue weighted by molar-refractivity contribution is 14.0. The summed E-state index contributed by atoms with van der Waals surface area (Å²) in [5, 5.41) is 3.44. The number of sulfone groups is 1. The molecule has 0 bridgehead atoms. The fourth-order valence-electron chi connectivity index (χ4n) is 4.15. The Bertz CT molecular complexity index is 931. The molecule has 0 aromatic heterocycles. The van der Waals surface area contributed by atoms with E-state index in [2.05, 4.69) is 52.5 Å². The molecule has 2 atom stereocenters. The van der Waals surface area contributed by atoms with Gasteiger partial charge < -0.3 is 10.2 Å². The van der Waals surface area contributed by atoms with E-state index in [1.807, 2.05) is 19.2 Å². The van der Waals surface area contributed by atoms with Crippen LogP contribution in [-0.2, 0) is 16.4 Å². The number of rotatable bonds is 5. The van der Waals surface area contributed by atoms with Gasteiger partial charge in [0.25, 0.3) is 0 Å². The summed E-state index contributed by atoms with van der Waals surface area (Å²) < 4.78 is 23.2. The van der Waals surface area contributed by atoms with Crippen LogP contribution in [-0.4, -0.2) is 45.7 Å². The third kappa shape index (κ3) is 6.20. The minimum atomic E-state index is -3.16. The molecule has 0 amide bonds. The van der Waals surface area contributed by atoms with Gasteiger partial charge >= 0.3 is 0 Å². The second kappa shape index (κ2) is 11.1. The van der Waals surface area contributed by atoms with E-state index in [1.54, 1.807) is 12.1 Å². The van der Waals surface area contributed by atoms with Gasteiger partial charge in [-0.3, -0.25) is 4.99 Å². The molecule has 7 heteroatoms. The van der Waals surface area contributed by atoms with Crippen molar-refractivity contribution in [2.75, 3.05) is 26.4 Å². The molecular weight excluding hydrogens is 509 g/mol. The normalized spacial score (nSPS) is 19.8. The van der Waals surface area contributed by atoms with Crippen molar-refractivity contribution in [2.45, 2.75) is 37.1 Å². The quantitative estimate of drug-likeness (QED) is 0.349. The first-order valence-electron chi connectivity index (χ1n) is 10.2. The van der Waals surface area contributed by atoms with E-state index >= 15 is 0 Å². The standard InChI is InChI=1S/C23H31N3O2S.HI/c1-4-19-17-26(15-14-22(19)20-8-6-5-7-9-20)23(24-2)25-16-18-10-12-21(13-11-18)29(3,27)28;/h5-13,19,22H,4,14-17H2,1-3H3,(H,24,25);1H. The van der Waals surface area contributed by atoms with Crippen LogP contribution in [0.15, 0.2) is 64.5 Å². The SMILES string of the molecule is CCC1CN(C(=NC)NCc2ccc(S(C)(=O)=O)cc2)CCC1c1ccccc1.I. The molecule has 2 aromatic carbocycles. The number of aliphatic imine (C=N–C) groups is 1. The minimum absolute atomic E-state index is 0. The number of piperidine rings is 1. The monoisotopic (exact) mass is 541 g/mol. The molecule has 164 valence electrons. The maximum Gasteiger partial charge on any atom is 0.193 e. The van der Waals surface area contributed by atoms with Crippen molar-refractivity contribution in [1.82, 2.24) is 10.2 Å². The van der Waals surface area contributed by atoms with Gasteiger partial charge in [0.2, 0.25) is 0 Å². The van der Waals surface area contributed by atoms with E-state index in [1.165, 1.54) is 11.8 Å². The molecule has 1 N–H and O–H groups in total. The zero-order valence-electron chi connectivity index (χ0n) is 17.9. The van der Waals surface area contributed by atoms with Crippen molar-refractivity contribution < 1.29 is 8.42 Å². The van der Waals surface area contributed by atoms with Crippen LogP contribution in [0.5, 0.6) is 0 Å². The van der Waals surface area contributed by atoms with E-state index < -0.39 is 9.84 Å². The van der Waals surface area contributed by atoms with Crippen LogP contribution in [0.2, 0.25) is 0 Å². The highest BCUT2D eigenvalue weighted by Crippen LogP contribution is 2.34. The van der Waals surface area contributed by atoms with Crippen LogP contribution in [0, 0.1) is 5.92 Å². The second-order valence-corrected chi connectivity index (χ2v) is 9.75. The first-order chi connectivity index (χ1) is 13.9. The topological polar surface area (TPSA) is 61.8 Å². The second-order valence-electron chi connectivity index (χ2n) is 7.74. The van der Waals surface area contributed by atoms with Gasteiger partial charge in [0.1, 0.15) is 0 Å². The van der Waals surface area contributed by atoms with Gasteiger partial charge in [-0.05, 0) is 41.5 Å². The maximum atomic E-state index is 11.6. The number of halogens is 1. The molecule has 2 aromatic rings. The van der Waals surface area contributed by atoms with Gasteiger partial charge in [0, 0.05) is 32.9 Å². The summed E-state index contributed by atoms with van der Waals surface area (Å²) in [5.41, 5.74) is 2.47. The van der Waals surface area contributed by atoms with E-state index in [0.717, 1.165) is 37.5 Å². The van der Waals surface area contributed by atoms with E-state index in [0.29, 0.717) is 23.3 Å². The minimum Gasteiger partial charge on any atom is -0.352 e. The number of nitrogens with one attached hydrogen (secondary N) is 1. The van der Waals surface area contributed by atoms with Gasteiger partial charge in [-0.15, -0.1) is 24.0 Å². The summed E-state index contributed by atoms with van der Waals surface area (Å²) >= 11 is 0. The summed E-state index contributed by atoms with van der Waals surface area (Å²) in [7, 11) is -1.34. The summed E-state index contributed by atoms with van der Waals surface area (Å²) in [5.74, 6) is 2.10. The summed E-state index contributed by atoms with van der Waals surface area (Å²) in [6.07, 6.45) is 3.48. The number of nitrogens with zero attached hydrogens (tertiary/aromatic N) is 2. The molecule has 2 unspecified atom stereocenters. The van der Waals surface area contributed by atoms with Crippen LogP contribution < -0.4 is 5.32 Å². The van der Waals surface area contributed by atoms with Crippen LogP contribution >= 0.6 is 24.0 Å². The zero-order valence-corrected chi connectivity index (χ0v) is 21.1. The fraction of sp³-hybridized carbons (Fsp3) is 0.435. The molecule has 1 fully saturated rings. The lowest BCUT2D eigenvalue weighted by Gasteiger charge is -2.40. The largest absolute Gasteiger partial charge is 0.352 e. The third-order valence-corrected chi connectivity index (χ3v) is 6.93. The molecule has 0 spiro atoms. The molecule has 0 saturated carbocycles. The van der Waals surface area contributed by atoms with Gasteiger partial charge in [0.15, 0.2) is 15.8 Å². The van der Waals surface area contributed by atoms with Crippen molar-refractivity contribution in [2.24, 2.45) is 10.9 Å². The van der Waals surface area contributed by atoms with Crippen molar-refractivity contribution >= 4 is 39.8 Å². The Hall–Kier alpha value is -1.61. The van der Waals surface area contributed by atoms with Crippen LogP contribution in [0.4, 0.5) is 0 Å². The summed E-state index contributed by atoms with van der Waals surface area (Å²) in [6, 6.07) is 17.9. The molecule has 0 radical (unpaired) electrons. The summed E-state index contributed by atoms with van der Waals surface area (Å²) in [4.78, 5) is 7.18. The Balaban J connectivity index is 0.00000320. The fourth-order valence-corrected chi connectivity index (χ4v) is 4.78. The van der Waals surface area contributed by atoms with Crippen molar-refractivity contribution in [1.29, 1.82) is 0 Å². The molecule has 3 rings (SSSR count). The molecule has 1 saturated heterocycles. The Morgan fingerprint density at radius 1 is 1.13 bits per heavy atom. The Kier molecular flexibility index (Phi) is 9.15. The van der Waals surface area contributed by atoms with Crippen molar-refractivity contribution in [3.8, 4) is 0 Å². The van der Waals surface area contributed by atoms with Gasteiger partial charge in [-0.2, -0.15) is 0 Å². The van der Waals surface area contributed by atoms with E-state index in [4.69, 9.17) is 0 Å². The molecule has 1 aliphatic rings. The van der Waals surface area contributed by atoms with Gasteiger partial charge in [-0.25, -0.2) is 8.42 Å². The first-order valence-corrected chi connectivity index (χ1v) is 12.1. The lowest BCUT2D eigenvalue weighted by Crippen LogP contribution is -2.48. The first kappa shape index (κ1) is 24.7. The number of likely N-dealkylation sites (tertiary alicyclic amines) is 1. The number of benzene rings is 2. The van der Waals surface area contributed by atoms with E-state index in [-0.39, 0.29) is 24.0 Å². The van der Waals surface area contributed by atoms with Gasteiger partial charge in [-0.1, -0.05) is 55.8 Å². The molecule has 5 nitrogen and oxygen atoms in total. The number of hydrogen-bond donors (Lipinski definition) is 1. The number of hydrogen-bond acceptors (Lipinski definition) is 3. The zero-order chi connectivity index (χ0) is 20.9. The Morgan fingerprint density at radius 2 is 1.80 bits per heavy atom. The van der Waals surface area contributed by atoms with Gasteiger partial charge in [0.05, 0.1) is 4.90 Å². The highest BCUT2D eigenvalue weighted by atomic mass is 127. The smallest absolute Gasteiger partial charge is 0.193 e. The third-order valence-electron chi connectivity index (χ3n) is 5.80. The lowest BCUT2D eigenvalue weighted by atomic mass is 9.79. The number of guanidine groups is 1. The highest BCUT2D eigenvalue weighted by Gasteiger charge is 2.30. The Morgan fingerprint density at radius 3 is 2.37 bits per heavy atom. The summed E-state index contributed by atoms with van der Waals surface area (Å²) in [6.45, 7) is 4.85. The molecule has 1 aliphatic heterocycles. The maximum absolute atomic E-state index is 11.6. The average molecular weight is 541 g/mol. The molecule has 30 heavy (non-hydrogen) atoms. The average Bonchev–Trinajstić information content (AvgIpc) is 2.74. The van der Waals surface area contributed by atoms with Crippen LogP contribution in [0.3, 0.4) is 0 Å². The predicted octanol–water partition coefficient (Wildman–Crippen LogP) is 4.30. The molecule has 1 heterocycles. The van der Waals surface area contributed by atoms with Crippen molar-refractivity contribution in [3.63, 3.8) is 0 Å².